The first-order valence-corrected chi connectivity index (χ1v) is 9.64. The lowest BCUT2D eigenvalue weighted by atomic mass is 9.91. The molecule has 0 aliphatic carbocycles. The van der Waals surface area contributed by atoms with Crippen molar-refractivity contribution in [2.45, 2.75) is 59.2 Å². The van der Waals surface area contributed by atoms with Crippen LogP contribution in [0.3, 0.4) is 0 Å². The number of amides is 1. The van der Waals surface area contributed by atoms with Crippen molar-refractivity contribution < 1.29 is 18.0 Å². The van der Waals surface area contributed by atoms with Crippen LogP contribution in [0.15, 0.2) is 18.2 Å². The lowest BCUT2D eigenvalue weighted by molar-refractivity contribution is -0.142. The second kappa shape index (κ2) is 7.73. The number of aryl methyl sites for hydroxylation is 3. The van der Waals surface area contributed by atoms with Gasteiger partial charge in [-0.1, -0.05) is 20.8 Å². The predicted molar refractivity (Wildman–Crippen MR) is 105 cm³/mol. The summed E-state index contributed by atoms with van der Waals surface area (Å²) >= 11 is 0. The summed E-state index contributed by atoms with van der Waals surface area (Å²) < 4.78 is 43.2. The van der Waals surface area contributed by atoms with E-state index in [1.54, 1.807) is 20.8 Å². The van der Waals surface area contributed by atoms with E-state index in [2.05, 4.69) is 20.5 Å². The van der Waals surface area contributed by atoms with E-state index >= 15 is 0 Å². The maximum atomic E-state index is 13.5. The lowest BCUT2D eigenvalue weighted by Gasteiger charge is -2.19. The quantitative estimate of drug-likeness (QED) is 0.637. The third kappa shape index (κ3) is 4.63. The van der Waals surface area contributed by atoms with Gasteiger partial charge < -0.3 is 5.32 Å². The minimum Gasteiger partial charge on any atom is -0.351 e. The Kier molecular flexibility index (Phi) is 5.62. The second-order valence-electron chi connectivity index (χ2n) is 8.33. The minimum absolute atomic E-state index is 0.0115. The molecule has 162 valence electrons. The van der Waals surface area contributed by atoms with Gasteiger partial charge in [0.15, 0.2) is 11.3 Å². The van der Waals surface area contributed by atoms with Crippen molar-refractivity contribution >= 4 is 11.6 Å². The summed E-state index contributed by atoms with van der Waals surface area (Å²) in [5.41, 5.74) is 0.563. The van der Waals surface area contributed by atoms with Crippen LogP contribution in [-0.4, -0.2) is 36.8 Å². The molecule has 0 spiro atoms. The van der Waals surface area contributed by atoms with E-state index in [0.29, 0.717) is 24.0 Å². The Balaban J connectivity index is 1.77. The van der Waals surface area contributed by atoms with E-state index < -0.39 is 23.2 Å². The Labute approximate surface area is 172 Å². The first kappa shape index (κ1) is 21.8. The predicted octanol–water partition coefficient (Wildman–Crippen LogP) is 3.68. The van der Waals surface area contributed by atoms with E-state index in [-0.39, 0.29) is 17.0 Å². The largest absolute Gasteiger partial charge is 0.433 e. The minimum atomic E-state index is -4.62. The zero-order chi connectivity index (χ0) is 22.3. The first-order valence-electron chi connectivity index (χ1n) is 9.64. The summed E-state index contributed by atoms with van der Waals surface area (Å²) in [7, 11) is 0. The summed E-state index contributed by atoms with van der Waals surface area (Å²) in [6, 6.07) is 4.23. The number of halogens is 3. The molecular weight excluding hydrogens is 397 g/mol. The molecule has 3 heterocycles. The van der Waals surface area contributed by atoms with Crippen LogP contribution in [0.2, 0.25) is 0 Å². The standard InChI is InChI=1S/C20H25F3N6O/c1-12-9-13(2)28(26-12)8-6-7-24-18(30)14-10-17-25-15(19(3,4)5)11-16(20(21,22)23)29(17)27-14/h9-11H,6-8H2,1-5H3,(H,24,30). The highest BCUT2D eigenvalue weighted by atomic mass is 19.4. The molecule has 0 aliphatic heterocycles. The molecule has 30 heavy (non-hydrogen) atoms. The van der Waals surface area contributed by atoms with Crippen LogP contribution in [0, 0.1) is 13.8 Å². The molecule has 0 radical (unpaired) electrons. The Morgan fingerprint density at radius 3 is 2.37 bits per heavy atom. The van der Waals surface area contributed by atoms with Gasteiger partial charge in [0, 0.05) is 30.3 Å². The van der Waals surface area contributed by atoms with E-state index in [1.165, 1.54) is 6.07 Å². The Morgan fingerprint density at radius 2 is 1.80 bits per heavy atom. The Morgan fingerprint density at radius 1 is 1.10 bits per heavy atom. The number of hydrogen-bond donors (Lipinski definition) is 1. The van der Waals surface area contributed by atoms with Crippen LogP contribution in [-0.2, 0) is 18.1 Å². The number of carbonyl (C=O) groups is 1. The number of aromatic nitrogens is 5. The molecule has 3 aromatic rings. The fraction of sp³-hybridized carbons (Fsp3) is 0.500. The zero-order valence-corrected chi connectivity index (χ0v) is 17.6. The first-order chi connectivity index (χ1) is 13.9. The molecule has 0 unspecified atom stereocenters. The van der Waals surface area contributed by atoms with Gasteiger partial charge in [0.1, 0.15) is 5.69 Å². The molecular formula is C20H25F3N6O. The van der Waals surface area contributed by atoms with Crippen molar-refractivity contribution in [3.8, 4) is 0 Å². The Hall–Kier alpha value is -2.91. The maximum Gasteiger partial charge on any atom is 0.433 e. The third-order valence-corrected chi connectivity index (χ3v) is 4.65. The van der Waals surface area contributed by atoms with Gasteiger partial charge in [-0.3, -0.25) is 9.48 Å². The molecule has 0 atom stereocenters. The third-order valence-electron chi connectivity index (χ3n) is 4.65. The number of alkyl halides is 3. The molecule has 3 rings (SSSR count). The fourth-order valence-corrected chi connectivity index (χ4v) is 3.09. The van der Waals surface area contributed by atoms with Crippen molar-refractivity contribution in [2.75, 3.05) is 6.54 Å². The summed E-state index contributed by atoms with van der Waals surface area (Å²) in [5, 5.41) is 10.9. The van der Waals surface area contributed by atoms with E-state index in [1.807, 2.05) is 24.6 Å². The van der Waals surface area contributed by atoms with Crippen LogP contribution in [0.1, 0.15) is 60.5 Å². The fourth-order valence-electron chi connectivity index (χ4n) is 3.09. The summed E-state index contributed by atoms with van der Waals surface area (Å²) in [4.78, 5) is 16.7. The molecule has 0 saturated carbocycles. The van der Waals surface area contributed by atoms with Crippen LogP contribution in [0.5, 0.6) is 0 Å². The summed E-state index contributed by atoms with van der Waals surface area (Å²) in [6.07, 6.45) is -4.00. The molecule has 1 amide bonds. The highest BCUT2D eigenvalue weighted by Gasteiger charge is 2.36. The Bertz CT molecular complexity index is 1070. The topological polar surface area (TPSA) is 77.1 Å². The van der Waals surface area contributed by atoms with Gasteiger partial charge in [-0.25, -0.2) is 9.50 Å². The summed E-state index contributed by atoms with van der Waals surface area (Å²) in [5.74, 6) is -0.542. The van der Waals surface area contributed by atoms with Gasteiger partial charge >= 0.3 is 6.18 Å². The number of rotatable bonds is 5. The van der Waals surface area contributed by atoms with Gasteiger partial charge in [-0.2, -0.15) is 23.4 Å². The normalized spacial score (nSPS) is 12.5. The number of nitrogens with zero attached hydrogens (tertiary/aromatic N) is 5. The number of carbonyl (C=O) groups excluding carboxylic acids is 1. The summed E-state index contributed by atoms with van der Waals surface area (Å²) in [6.45, 7) is 10.2. The highest BCUT2D eigenvalue weighted by molar-refractivity contribution is 5.93. The van der Waals surface area contributed by atoms with Crippen molar-refractivity contribution in [1.82, 2.24) is 29.7 Å². The molecule has 1 N–H and O–H groups in total. The van der Waals surface area contributed by atoms with Gasteiger partial charge in [-0.15, -0.1) is 0 Å². The van der Waals surface area contributed by atoms with E-state index in [0.717, 1.165) is 17.5 Å². The van der Waals surface area contributed by atoms with Crippen molar-refractivity contribution in [3.63, 3.8) is 0 Å². The number of nitrogens with one attached hydrogen (secondary N) is 1. The molecule has 10 heteroatoms. The van der Waals surface area contributed by atoms with Crippen molar-refractivity contribution in [1.29, 1.82) is 0 Å². The van der Waals surface area contributed by atoms with E-state index in [9.17, 15) is 18.0 Å². The smallest absolute Gasteiger partial charge is 0.351 e. The molecule has 0 aromatic carbocycles. The average Bonchev–Trinajstić information content (AvgIpc) is 3.18. The van der Waals surface area contributed by atoms with Crippen LogP contribution in [0.25, 0.3) is 5.65 Å². The number of hydrogen-bond acceptors (Lipinski definition) is 4. The average molecular weight is 422 g/mol. The van der Waals surface area contributed by atoms with Crippen molar-refractivity contribution in [3.05, 3.63) is 46.7 Å². The van der Waals surface area contributed by atoms with Gasteiger partial charge in [-0.05, 0) is 32.4 Å². The number of fused-ring (bicyclic) bond motifs is 1. The van der Waals surface area contributed by atoms with Gasteiger partial charge in [0.05, 0.1) is 11.4 Å². The molecule has 3 aromatic heterocycles. The zero-order valence-electron chi connectivity index (χ0n) is 17.6. The molecule has 0 aliphatic rings. The van der Waals surface area contributed by atoms with Crippen molar-refractivity contribution in [2.24, 2.45) is 0 Å². The van der Waals surface area contributed by atoms with Gasteiger partial charge in [0.25, 0.3) is 5.91 Å². The molecule has 0 fully saturated rings. The monoisotopic (exact) mass is 422 g/mol. The second-order valence-corrected chi connectivity index (χ2v) is 8.33. The highest BCUT2D eigenvalue weighted by Crippen LogP contribution is 2.32. The van der Waals surface area contributed by atoms with Crippen LogP contribution in [0.4, 0.5) is 13.2 Å². The molecule has 0 bridgehead atoms. The SMILES string of the molecule is Cc1cc(C)n(CCCNC(=O)c2cc3nc(C(C)(C)C)cc(C(F)(F)F)n3n2)n1. The molecule has 0 saturated heterocycles. The maximum absolute atomic E-state index is 13.5. The molecule has 7 nitrogen and oxygen atoms in total. The van der Waals surface area contributed by atoms with E-state index in [4.69, 9.17) is 0 Å². The van der Waals surface area contributed by atoms with Gasteiger partial charge in [0.2, 0.25) is 0 Å². The van der Waals surface area contributed by atoms with Crippen LogP contribution < -0.4 is 5.32 Å². The van der Waals surface area contributed by atoms with Crippen LogP contribution >= 0.6 is 0 Å². The lowest BCUT2D eigenvalue weighted by Crippen LogP contribution is -2.26.